The van der Waals surface area contributed by atoms with Gasteiger partial charge in [0.25, 0.3) is 11.3 Å². The molecule has 3 heterocycles. The number of fused-ring (bicyclic) bond motifs is 1. The maximum absolute atomic E-state index is 12.2. The van der Waals surface area contributed by atoms with E-state index in [4.69, 9.17) is 0 Å². The summed E-state index contributed by atoms with van der Waals surface area (Å²) in [5, 5.41) is 14.7. The minimum absolute atomic E-state index is 0.247. The Bertz CT molecular complexity index is 790. The first kappa shape index (κ1) is 11.5. The normalized spacial score (nSPS) is 12.2. The molecule has 0 aliphatic carbocycles. The number of hydrogen-bond donors (Lipinski definition) is 1. The standard InChI is InChI=1S/C10H12N8O/c1-10(2,3)18-15-7(14-16-18)6-4-11-9-12-5-13-17(9)8(6)19/h4-5H,1-3H3,(H,11,12,13). The van der Waals surface area contributed by atoms with Gasteiger partial charge in [0.05, 0.1) is 5.54 Å². The fourth-order valence-electron chi connectivity index (χ4n) is 1.56. The zero-order valence-corrected chi connectivity index (χ0v) is 10.7. The molecule has 0 unspecified atom stereocenters. The van der Waals surface area contributed by atoms with Crippen LogP contribution in [0, 0.1) is 0 Å². The maximum Gasteiger partial charge on any atom is 0.285 e. The van der Waals surface area contributed by atoms with Gasteiger partial charge >= 0.3 is 0 Å². The van der Waals surface area contributed by atoms with E-state index >= 15 is 0 Å². The summed E-state index contributed by atoms with van der Waals surface area (Å²) in [6, 6.07) is 0. The number of nitrogens with zero attached hydrogens (tertiary/aromatic N) is 7. The Labute approximate surface area is 107 Å². The Morgan fingerprint density at radius 3 is 2.74 bits per heavy atom. The summed E-state index contributed by atoms with van der Waals surface area (Å²) >= 11 is 0. The van der Waals surface area contributed by atoms with Crippen LogP contribution in [-0.2, 0) is 5.54 Å². The number of aromatic nitrogens is 8. The van der Waals surface area contributed by atoms with Crippen molar-refractivity contribution in [2.45, 2.75) is 26.3 Å². The third-order valence-electron chi connectivity index (χ3n) is 2.56. The molecule has 9 heteroatoms. The molecule has 0 fully saturated rings. The highest BCUT2D eigenvalue weighted by atomic mass is 16.1. The van der Waals surface area contributed by atoms with Crippen LogP contribution in [-0.4, -0.2) is 39.8 Å². The molecule has 0 aliphatic heterocycles. The van der Waals surface area contributed by atoms with Crippen LogP contribution < -0.4 is 5.56 Å². The van der Waals surface area contributed by atoms with E-state index in [1.807, 2.05) is 20.8 Å². The molecule has 98 valence electrons. The van der Waals surface area contributed by atoms with Crippen LogP contribution in [0.4, 0.5) is 0 Å². The molecule has 0 aliphatic rings. The molecule has 0 amide bonds. The van der Waals surface area contributed by atoms with Crippen LogP contribution in [0.1, 0.15) is 20.8 Å². The fraction of sp³-hybridized carbons (Fsp3) is 0.400. The average Bonchev–Trinajstić information content (AvgIpc) is 2.96. The molecule has 3 aromatic heterocycles. The molecule has 19 heavy (non-hydrogen) atoms. The summed E-state index contributed by atoms with van der Waals surface area (Å²) in [6.07, 6.45) is 2.80. The van der Waals surface area contributed by atoms with Gasteiger partial charge in [-0.2, -0.15) is 9.31 Å². The number of hydrogen-bond acceptors (Lipinski definition) is 6. The summed E-state index contributed by atoms with van der Waals surface area (Å²) < 4.78 is 1.23. The Hall–Kier alpha value is -2.58. The number of nitrogens with one attached hydrogen (secondary N) is 1. The van der Waals surface area contributed by atoms with Gasteiger partial charge in [-0.05, 0) is 26.0 Å². The van der Waals surface area contributed by atoms with Crippen molar-refractivity contribution in [1.29, 1.82) is 0 Å². The minimum Gasteiger partial charge on any atom is -0.278 e. The molecule has 0 atom stereocenters. The SMILES string of the molecule is CC(C)(C)n1nnc(-c2cnc3nc[nH]n3c2=O)n1. The van der Waals surface area contributed by atoms with Gasteiger partial charge in [0.1, 0.15) is 11.9 Å². The van der Waals surface area contributed by atoms with Crippen LogP contribution in [0.2, 0.25) is 0 Å². The molecule has 3 aromatic rings. The quantitative estimate of drug-likeness (QED) is 0.650. The van der Waals surface area contributed by atoms with Crippen molar-refractivity contribution in [2.24, 2.45) is 0 Å². The zero-order chi connectivity index (χ0) is 13.6. The maximum atomic E-state index is 12.2. The highest BCUT2D eigenvalue weighted by molar-refractivity contribution is 5.52. The molecule has 1 N–H and O–H groups in total. The van der Waals surface area contributed by atoms with Crippen molar-refractivity contribution >= 4 is 5.78 Å². The monoisotopic (exact) mass is 260 g/mol. The number of aromatic amines is 1. The lowest BCUT2D eigenvalue weighted by Crippen LogP contribution is -2.24. The summed E-state index contributed by atoms with van der Waals surface area (Å²) in [7, 11) is 0. The first-order chi connectivity index (χ1) is 8.97. The molecule has 9 nitrogen and oxygen atoms in total. The predicted molar refractivity (Wildman–Crippen MR) is 65.4 cm³/mol. The topological polar surface area (TPSA) is 107 Å². The predicted octanol–water partition coefficient (Wildman–Crippen LogP) is -0.174. The van der Waals surface area contributed by atoms with Crippen molar-refractivity contribution in [2.75, 3.05) is 0 Å². The first-order valence-electron chi connectivity index (χ1n) is 5.69. The second kappa shape index (κ2) is 3.70. The zero-order valence-electron chi connectivity index (χ0n) is 10.7. The van der Waals surface area contributed by atoms with Gasteiger partial charge in [-0.3, -0.25) is 9.89 Å². The minimum atomic E-state index is -0.309. The van der Waals surface area contributed by atoms with Gasteiger partial charge in [0, 0.05) is 6.20 Å². The highest BCUT2D eigenvalue weighted by Gasteiger charge is 2.19. The number of tetrazole rings is 1. The Balaban J connectivity index is 2.17. The average molecular weight is 260 g/mol. The Morgan fingerprint density at radius 1 is 1.26 bits per heavy atom. The van der Waals surface area contributed by atoms with Crippen molar-refractivity contribution in [3.8, 4) is 11.4 Å². The third-order valence-corrected chi connectivity index (χ3v) is 2.56. The van der Waals surface area contributed by atoms with Crippen LogP contribution in [0.3, 0.4) is 0 Å². The second-order valence-electron chi connectivity index (χ2n) is 5.07. The lowest BCUT2D eigenvalue weighted by Gasteiger charge is -2.15. The summed E-state index contributed by atoms with van der Waals surface area (Å²) in [5.74, 6) is 0.549. The van der Waals surface area contributed by atoms with Crippen LogP contribution >= 0.6 is 0 Å². The third kappa shape index (κ3) is 1.79. The molecule has 0 spiro atoms. The van der Waals surface area contributed by atoms with Crippen molar-refractivity contribution < 1.29 is 0 Å². The van der Waals surface area contributed by atoms with Gasteiger partial charge in [0.15, 0.2) is 0 Å². The van der Waals surface area contributed by atoms with E-state index in [9.17, 15) is 4.79 Å². The van der Waals surface area contributed by atoms with E-state index in [-0.39, 0.29) is 22.5 Å². The molecule has 0 aromatic carbocycles. The van der Waals surface area contributed by atoms with Gasteiger partial charge in [-0.1, -0.05) is 0 Å². The van der Waals surface area contributed by atoms with E-state index in [1.165, 1.54) is 21.8 Å². The summed E-state index contributed by atoms with van der Waals surface area (Å²) in [4.78, 5) is 21.6. The van der Waals surface area contributed by atoms with Crippen LogP contribution in [0.25, 0.3) is 17.2 Å². The lowest BCUT2D eigenvalue weighted by molar-refractivity contribution is 0.306. The Kier molecular flexibility index (Phi) is 2.24. The second-order valence-corrected chi connectivity index (χ2v) is 5.07. The highest BCUT2D eigenvalue weighted by Crippen LogP contribution is 2.13. The first-order valence-corrected chi connectivity index (χ1v) is 5.69. The van der Waals surface area contributed by atoms with Crippen molar-refractivity contribution in [3.05, 3.63) is 22.9 Å². The molecule has 0 radical (unpaired) electrons. The smallest absolute Gasteiger partial charge is 0.278 e. The van der Waals surface area contributed by atoms with Gasteiger partial charge in [0.2, 0.25) is 5.82 Å². The Morgan fingerprint density at radius 2 is 2.05 bits per heavy atom. The molecule has 0 saturated carbocycles. The van der Waals surface area contributed by atoms with Gasteiger partial charge in [-0.25, -0.2) is 9.97 Å². The van der Waals surface area contributed by atoms with Crippen molar-refractivity contribution in [1.82, 2.24) is 39.8 Å². The molecular formula is C10H12N8O. The van der Waals surface area contributed by atoms with E-state index in [2.05, 4.69) is 30.5 Å². The van der Waals surface area contributed by atoms with Crippen molar-refractivity contribution in [3.63, 3.8) is 0 Å². The lowest BCUT2D eigenvalue weighted by atomic mass is 10.1. The molecule has 3 rings (SSSR count). The largest absolute Gasteiger partial charge is 0.285 e. The molecule has 0 bridgehead atoms. The van der Waals surface area contributed by atoms with Crippen LogP contribution in [0.5, 0.6) is 0 Å². The van der Waals surface area contributed by atoms with Gasteiger partial charge < -0.3 is 0 Å². The molecule has 0 saturated heterocycles. The molecular weight excluding hydrogens is 248 g/mol. The van der Waals surface area contributed by atoms with E-state index < -0.39 is 0 Å². The van der Waals surface area contributed by atoms with E-state index in [0.29, 0.717) is 5.78 Å². The van der Waals surface area contributed by atoms with Crippen LogP contribution in [0.15, 0.2) is 17.3 Å². The summed E-state index contributed by atoms with van der Waals surface area (Å²) in [5.41, 5.74) is -0.333. The van der Waals surface area contributed by atoms with E-state index in [0.717, 1.165) is 0 Å². The fourth-order valence-corrected chi connectivity index (χ4v) is 1.56. The van der Waals surface area contributed by atoms with E-state index in [1.54, 1.807) is 0 Å². The number of rotatable bonds is 1. The number of H-pyrrole nitrogens is 1. The van der Waals surface area contributed by atoms with Gasteiger partial charge in [-0.15, -0.1) is 10.2 Å². The summed E-state index contributed by atoms with van der Waals surface area (Å²) in [6.45, 7) is 5.84.